The molecule has 6 heteroatoms. The highest BCUT2D eigenvalue weighted by atomic mass is 16.6. The number of rotatable bonds is 5. The molecule has 2 aliphatic heterocycles. The Labute approximate surface area is 147 Å². The quantitative estimate of drug-likeness (QED) is 0.883. The van der Waals surface area contributed by atoms with Gasteiger partial charge in [-0.2, -0.15) is 0 Å². The van der Waals surface area contributed by atoms with Gasteiger partial charge in [-0.15, -0.1) is 0 Å². The first-order valence-electron chi connectivity index (χ1n) is 8.58. The number of hydrogen-bond acceptors (Lipinski definition) is 4. The minimum atomic E-state index is -0.823. The lowest BCUT2D eigenvalue weighted by molar-refractivity contribution is -0.136. The summed E-state index contributed by atoms with van der Waals surface area (Å²) in [5.74, 6) is 0.394. The minimum Gasteiger partial charge on any atom is -0.491 e. The monoisotopic (exact) mass is 345 g/mol. The summed E-state index contributed by atoms with van der Waals surface area (Å²) >= 11 is 0. The first-order chi connectivity index (χ1) is 12.0. The van der Waals surface area contributed by atoms with Crippen molar-refractivity contribution in [2.75, 3.05) is 26.3 Å². The average Bonchev–Trinajstić information content (AvgIpc) is 3.04. The van der Waals surface area contributed by atoms with Gasteiger partial charge in [-0.3, -0.25) is 9.59 Å². The van der Waals surface area contributed by atoms with E-state index >= 15 is 0 Å². The Hall–Kier alpha value is -2.50. The molecule has 1 amide bonds. The number of nitrogens with zero attached hydrogens (tertiary/aromatic N) is 1. The Bertz CT molecular complexity index is 680. The number of hydrogen-bond donors (Lipinski definition) is 1. The number of aliphatic carboxylic acids is 1. The number of likely N-dealkylation sites (tertiary alicyclic amines) is 1. The molecule has 1 N–H and O–H groups in total. The first-order valence-corrected chi connectivity index (χ1v) is 8.58. The van der Waals surface area contributed by atoms with Crippen LogP contribution in [0, 0.1) is 5.92 Å². The van der Waals surface area contributed by atoms with Gasteiger partial charge in [0.25, 0.3) is 5.91 Å². The van der Waals surface area contributed by atoms with Crippen molar-refractivity contribution in [3.05, 3.63) is 46.9 Å². The van der Waals surface area contributed by atoms with Crippen molar-refractivity contribution in [3.8, 4) is 0 Å². The molecule has 1 aromatic rings. The Morgan fingerprint density at radius 1 is 1.16 bits per heavy atom. The third kappa shape index (κ3) is 4.32. The number of carboxylic acid groups (broad SMARTS) is 1. The fourth-order valence-corrected chi connectivity index (χ4v) is 3.35. The smallest absolute Gasteiger partial charge is 0.307 e. The molecule has 1 fully saturated rings. The zero-order valence-electron chi connectivity index (χ0n) is 14.4. The molecule has 25 heavy (non-hydrogen) atoms. The summed E-state index contributed by atoms with van der Waals surface area (Å²) in [6.07, 6.45) is 1.88. The molecule has 1 atom stereocenters. The van der Waals surface area contributed by atoms with Gasteiger partial charge in [0.15, 0.2) is 0 Å². The molecule has 0 spiro atoms. The van der Waals surface area contributed by atoms with Crippen molar-refractivity contribution >= 4 is 11.9 Å². The number of carbonyl (C=O) groups is 2. The predicted molar refractivity (Wildman–Crippen MR) is 90.8 cm³/mol. The fourth-order valence-electron chi connectivity index (χ4n) is 3.35. The summed E-state index contributed by atoms with van der Waals surface area (Å²) < 4.78 is 10.9. The molecule has 1 aromatic carbocycles. The van der Waals surface area contributed by atoms with Gasteiger partial charge in [-0.25, -0.2) is 0 Å². The van der Waals surface area contributed by atoms with Crippen molar-refractivity contribution in [1.29, 1.82) is 0 Å². The van der Waals surface area contributed by atoms with Gasteiger partial charge < -0.3 is 19.5 Å². The van der Waals surface area contributed by atoms with Crippen LogP contribution in [-0.4, -0.2) is 48.2 Å². The van der Waals surface area contributed by atoms with E-state index < -0.39 is 5.97 Å². The molecule has 0 radical (unpaired) electrons. The van der Waals surface area contributed by atoms with E-state index in [0.29, 0.717) is 37.2 Å². The summed E-state index contributed by atoms with van der Waals surface area (Å²) in [6, 6.07) is 7.69. The molecule has 1 unspecified atom stereocenters. The molecule has 134 valence electrons. The highest BCUT2D eigenvalue weighted by Crippen LogP contribution is 2.24. The molecule has 0 aliphatic carbocycles. The number of allylic oxidation sites excluding steroid dienone is 1. The maximum Gasteiger partial charge on any atom is 0.307 e. The van der Waals surface area contributed by atoms with Crippen LogP contribution >= 0.6 is 0 Å². The summed E-state index contributed by atoms with van der Waals surface area (Å²) in [5, 5.41) is 8.81. The summed E-state index contributed by atoms with van der Waals surface area (Å²) in [7, 11) is 0. The third-order valence-electron chi connectivity index (χ3n) is 4.64. The van der Waals surface area contributed by atoms with Gasteiger partial charge in [-0.1, -0.05) is 24.3 Å². The van der Waals surface area contributed by atoms with Crippen molar-refractivity contribution in [2.45, 2.75) is 26.2 Å². The van der Waals surface area contributed by atoms with Gasteiger partial charge in [0.05, 0.1) is 6.42 Å². The topological polar surface area (TPSA) is 76.1 Å². The van der Waals surface area contributed by atoms with Gasteiger partial charge in [0.1, 0.15) is 19.0 Å². The minimum absolute atomic E-state index is 0.0442. The van der Waals surface area contributed by atoms with Gasteiger partial charge >= 0.3 is 5.97 Å². The average molecular weight is 345 g/mol. The van der Waals surface area contributed by atoms with Crippen molar-refractivity contribution in [3.63, 3.8) is 0 Å². The highest BCUT2D eigenvalue weighted by Gasteiger charge is 2.31. The van der Waals surface area contributed by atoms with Crippen LogP contribution in [0.2, 0.25) is 0 Å². The Balaban J connectivity index is 1.56. The van der Waals surface area contributed by atoms with E-state index in [9.17, 15) is 9.59 Å². The second-order valence-corrected chi connectivity index (χ2v) is 6.58. The maximum absolute atomic E-state index is 12.6. The standard InChI is InChI=1S/C19H23NO5/c1-13-18(25-9-8-24-13)19(23)20-7-6-16(12-20)10-14-2-4-15(5-3-14)11-17(21)22/h2-5,16H,6-12H2,1H3,(H,21,22). The summed E-state index contributed by atoms with van der Waals surface area (Å²) in [6.45, 7) is 4.09. The van der Waals surface area contributed by atoms with E-state index in [4.69, 9.17) is 14.6 Å². The Kier molecular flexibility index (Phi) is 5.26. The Morgan fingerprint density at radius 3 is 2.52 bits per heavy atom. The van der Waals surface area contributed by atoms with E-state index in [-0.39, 0.29) is 12.3 Å². The molecule has 6 nitrogen and oxygen atoms in total. The van der Waals surface area contributed by atoms with E-state index in [0.717, 1.165) is 24.9 Å². The number of carbonyl (C=O) groups excluding carboxylic acids is 1. The van der Waals surface area contributed by atoms with E-state index in [2.05, 4.69) is 0 Å². The van der Waals surface area contributed by atoms with Crippen LogP contribution in [0.4, 0.5) is 0 Å². The normalized spacial score (nSPS) is 20.2. The van der Waals surface area contributed by atoms with Crippen LogP contribution in [0.3, 0.4) is 0 Å². The number of amides is 1. The van der Waals surface area contributed by atoms with Crippen molar-refractivity contribution in [1.82, 2.24) is 4.90 Å². The van der Waals surface area contributed by atoms with Gasteiger partial charge in [-0.05, 0) is 36.8 Å². The fraction of sp³-hybridized carbons (Fsp3) is 0.474. The largest absolute Gasteiger partial charge is 0.491 e. The maximum atomic E-state index is 12.6. The predicted octanol–water partition coefficient (Wildman–Crippen LogP) is 1.98. The third-order valence-corrected chi connectivity index (χ3v) is 4.64. The van der Waals surface area contributed by atoms with Gasteiger partial charge in [0.2, 0.25) is 5.76 Å². The van der Waals surface area contributed by atoms with E-state index in [1.165, 1.54) is 5.56 Å². The zero-order valence-corrected chi connectivity index (χ0v) is 14.4. The number of carboxylic acids is 1. The molecule has 2 heterocycles. The first kappa shape index (κ1) is 17.3. The highest BCUT2D eigenvalue weighted by molar-refractivity contribution is 5.92. The molecule has 2 aliphatic rings. The lowest BCUT2D eigenvalue weighted by Gasteiger charge is -2.23. The van der Waals surface area contributed by atoms with Crippen LogP contribution in [0.5, 0.6) is 0 Å². The molecule has 0 saturated carbocycles. The number of ether oxygens (including phenoxy) is 2. The van der Waals surface area contributed by atoms with Crippen LogP contribution in [0.1, 0.15) is 24.5 Å². The van der Waals surface area contributed by atoms with Gasteiger partial charge in [0, 0.05) is 13.1 Å². The van der Waals surface area contributed by atoms with Crippen LogP contribution in [0.15, 0.2) is 35.8 Å². The lowest BCUT2D eigenvalue weighted by Crippen LogP contribution is -2.33. The van der Waals surface area contributed by atoms with Crippen LogP contribution < -0.4 is 0 Å². The molecular formula is C19H23NO5. The molecule has 0 aromatic heterocycles. The van der Waals surface area contributed by atoms with E-state index in [1.54, 1.807) is 6.92 Å². The van der Waals surface area contributed by atoms with Crippen LogP contribution in [0.25, 0.3) is 0 Å². The Morgan fingerprint density at radius 2 is 1.84 bits per heavy atom. The number of benzene rings is 1. The summed E-state index contributed by atoms with van der Waals surface area (Å²) in [5.41, 5.74) is 1.97. The van der Waals surface area contributed by atoms with Crippen LogP contribution in [-0.2, 0) is 31.9 Å². The molecule has 0 bridgehead atoms. The van der Waals surface area contributed by atoms with E-state index in [1.807, 2.05) is 29.2 Å². The lowest BCUT2D eigenvalue weighted by atomic mass is 9.97. The molecule has 1 saturated heterocycles. The summed E-state index contributed by atoms with van der Waals surface area (Å²) in [4.78, 5) is 25.1. The van der Waals surface area contributed by atoms with Crippen molar-refractivity contribution in [2.24, 2.45) is 5.92 Å². The molecule has 3 rings (SSSR count). The zero-order chi connectivity index (χ0) is 17.8. The second-order valence-electron chi connectivity index (χ2n) is 6.58. The van der Waals surface area contributed by atoms with Crippen molar-refractivity contribution < 1.29 is 24.2 Å². The second kappa shape index (κ2) is 7.59. The molecular weight excluding hydrogens is 322 g/mol. The SMILES string of the molecule is CC1=C(C(=O)N2CCC(Cc3ccc(CC(=O)O)cc3)C2)OCCO1.